The van der Waals surface area contributed by atoms with E-state index in [4.69, 9.17) is 14.5 Å². The molecule has 29 heavy (non-hydrogen) atoms. The van der Waals surface area contributed by atoms with Gasteiger partial charge in [0.1, 0.15) is 30.4 Å². The number of benzene rings is 2. The molecule has 1 saturated heterocycles. The summed E-state index contributed by atoms with van der Waals surface area (Å²) in [5.74, 6) is 1.68. The third-order valence-electron chi connectivity index (χ3n) is 5.06. The first-order valence-electron chi connectivity index (χ1n) is 9.82. The summed E-state index contributed by atoms with van der Waals surface area (Å²) in [5, 5.41) is 10.7. The lowest BCUT2D eigenvalue weighted by Gasteiger charge is -2.18. The van der Waals surface area contributed by atoms with Crippen molar-refractivity contribution in [2.24, 2.45) is 0 Å². The lowest BCUT2D eigenvalue weighted by Crippen LogP contribution is -2.25. The molecule has 2 unspecified atom stereocenters. The molecule has 1 N–H and O–H groups in total. The summed E-state index contributed by atoms with van der Waals surface area (Å²) >= 11 is 0. The Morgan fingerprint density at radius 1 is 1.24 bits per heavy atom. The Kier molecular flexibility index (Phi) is 7.31. The highest BCUT2D eigenvalue weighted by Crippen LogP contribution is 2.30. The molecule has 0 aliphatic carbocycles. The Bertz CT molecular complexity index is 950. The van der Waals surface area contributed by atoms with Crippen LogP contribution < -0.4 is 4.74 Å². The van der Waals surface area contributed by atoms with E-state index in [1.807, 2.05) is 54.6 Å². The first-order valence-corrected chi connectivity index (χ1v) is 9.82. The molecule has 5 nitrogen and oxygen atoms in total. The van der Waals surface area contributed by atoms with Crippen LogP contribution in [-0.2, 0) is 17.7 Å². The normalized spacial score (nSPS) is 17.1. The van der Waals surface area contributed by atoms with Crippen molar-refractivity contribution >= 4 is 23.4 Å². The zero-order valence-electron chi connectivity index (χ0n) is 16.4. The number of aromatic nitrogens is 2. The number of allylic oxidation sites excluding steroid dienone is 1. The zero-order valence-corrected chi connectivity index (χ0v) is 17.2. The van der Waals surface area contributed by atoms with Gasteiger partial charge in [0.05, 0.1) is 17.6 Å². The average Bonchev–Trinajstić information content (AvgIpc) is 3.36. The molecular formula is C23H27ClN2O3. The fraction of sp³-hybridized carbons (Fsp3) is 0.348. The van der Waals surface area contributed by atoms with Crippen LogP contribution in [0.1, 0.15) is 30.3 Å². The molecule has 1 fully saturated rings. The second kappa shape index (κ2) is 9.92. The molecule has 0 spiro atoms. The maximum atomic E-state index is 10.7. The average molecular weight is 415 g/mol. The molecule has 2 aromatic carbocycles. The third-order valence-corrected chi connectivity index (χ3v) is 5.06. The number of rotatable bonds is 8. The highest BCUT2D eigenvalue weighted by Gasteiger charge is 2.25. The largest absolute Gasteiger partial charge is 0.491 e. The van der Waals surface area contributed by atoms with Crippen molar-refractivity contribution < 1.29 is 14.6 Å². The minimum Gasteiger partial charge on any atom is -0.491 e. The van der Waals surface area contributed by atoms with Crippen molar-refractivity contribution in [2.75, 3.05) is 13.2 Å². The first kappa shape index (κ1) is 21.4. The number of ether oxygens (including phenoxy) is 2. The SMILES string of the molecule is C=CCc1ccccc1OCC(O)Cn1c(C2CCCO2)nc2ccccc21.Cl. The number of nitrogens with zero attached hydrogens (tertiary/aromatic N) is 2. The Labute approximate surface area is 177 Å². The highest BCUT2D eigenvalue weighted by molar-refractivity contribution is 5.85. The summed E-state index contributed by atoms with van der Waals surface area (Å²) in [6.45, 7) is 5.18. The number of hydrogen-bond acceptors (Lipinski definition) is 4. The fourth-order valence-corrected chi connectivity index (χ4v) is 3.73. The van der Waals surface area contributed by atoms with Crippen molar-refractivity contribution in [3.8, 4) is 5.75 Å². The number of aliphatic hydroxyl groups excluding tert-OH is 1. The highest BCUT2D eigenvalue weighted by atomic mass is 35.5. The summed E-state index contributed by atoms with van der Waals surface area (Å²) < 4.78 is 13.9. The molecule has 1 aliphatic rings. The summed E-state index contributed by atoms with van der Waals surface area (Å²) in [4.78, 5) is 4.78. The van der Waals surface area contributed by atoms with Crippen molar-refractivity contribution in [1.82, 2.24) is 9.55 Å². The Morgan fingerprint density at radius 2 is 2.03 bits per heavy atom. The Morgan fingerprint density at radius 3 is 2.83 bits per heavy atom. The van der Waals surface area contributed by atoms with Gasteiger partial charge in [0, 0.05) is 6.61 Å². The molecule has 0 amide bonds. The van der Waals surface area contributed by atoms with E-state index in [1.54, 1.807) is 0 Å². The number of para-hydroxylation sites is 3. The number of halogens is 1. The first-order chi connectivity index (χ1) is 13.8. The third kappa shape index (κ3) is 4.81. The van der Waals surface area contributed by atoms with Gasteiger partial charge in [-0.05, 0) is 43.0 Å². The standard InChI is InChI=1S/C23H26N2O3.ClH/c1-2-8-17-9-3-6-12-21(17)28-16-18(26)15-25-20-11-5-4-10-19(20)24-23(25)22-13-7-14-27-22;/h2-6,9-12,18,22,26H,1,7-8,13-16H2;1H. The summed E-state index contributed by atoms with van der Waals surface area (Å²) in [7, 11) is 0. The van der Waals surface area contributed by atoms with E-state index in [1.165, 1.54) is 0 Å². The second-order valence-electron chi connectivity index (χ2n) is 7.14. The maximum absolute atomic E-state index is 10.7. The second-order valence-corrected chi connectivity index (χ2v) is 7.14. The Hall–Kier alpha value is -2.34. The van der Waals surface area contributed by atoms with Crippen molar-refractivity contribution in [3.05, 3.63) is 72.6 Å². The number of hydrogen-bond donors (Lipinski definition) is 1. The molecule has 0 bridgehead atoms. The molecule has 6 heteroatoms. The molecule has 154 valence electrons. The van der Waals surface area contributed by atoms with Crippen LogP contribution in [0.5, 0.6) is 5.75 Å². The van der Waals surface area contributed by atoms with Gasteiger partial charge in [0.2, 0.25) is 0 Å². The molecule has 2 heterocycles. The summed E-state index contributed by atoms with van der Waals surface area (Å²) in [6.07, 6.45) is 3.93. The van der Waals surface area contributed by atoms with Crippen molar-refractivity contribution in [2.45, 2.75) is 38.0 Å². The quantitative estimate of drug-likeness (QED) is 0.552. The van der Waals surface area contributed by atoms with Gasteiger partial charge in [-0.3, -0.25) is 0 Å². The van der Waals surface area contributed by atoms with Crippen LogP contribution in [0.2, 0.25) is 0 Å². The molecular weight excluding hydrogens is 388 g/mol. The van der Waals surface area contributed by atoms with Gasteiger partial charge in [-0.2, -0.15) is 0 Å². The van der Waals surface area contributed by atoms with E-state index in [2.05, 4.69) is 11.1 Å². The molecule has 1 aliphatic heterocycles. The molecule has 0 radical (unpaired) electrons. The number of imidazole rings is 1. The molecule has 3 aromatic rings. The molecule has 1 aromatic heterocycles. The van der Waals surface area contributed by atoms with E-state index >= 15 is 0 Å². The van der Waals surface area contributed by atoms with E-state index in [0.29, 0.717) is 6.54 Å². The van der Waals surface area contributed by atoms with Gasteiger partial charge in [-0.1, -0.05) is 36.4 Å². The van der Waals surface area contributed by atoms with Gasteiger partial charge >= 0.3 is 0 Å². The van der Waals surface area contributed by atoms with Crippen molar-refractivity contribution in [1.29, 1.82) is 0 Å². The van der Waals surface area contributed by atoms with Crippen LogP contribution in [-0.4, -0.2) is 34.0 Å². The number of fused-ring (bicyclic) bond motifs is 1. The monoisotopic (exact) mass is 414 g/mol. The Balaban J connectivity index is 0.00000240. The van der Waals surface area contributed by atoms with Crippen LogP contribution in [0, 0.1) is 0 Å². The minimum absolute atomic E-state index is 0. The smallest absolute Gasteiger partial charge is 0.139 e. The van der Waals surface area contributed by atoms with Crippen LogP contribution in [0.15, 0.2) is 61.2 Å². The number of aliphatic hydroxyl groups is 1. The summed E-state index contributed by atoms with van der Waals surface area (Å²) in [6, 6.07) is 15.9. The van der Waals surface area contributed by atoms with Gasteiger partial charge in [0.25, 0.3) is 0 Å². The maximum Gasteiger partial charge on any atom is 0.139 e. The lowest BCUT2D eigenvalue weighted by atomic mass is 10.1. The van der Waals surface area contributed by atoms with Gasteiger partial charge < -0.3 is 19.1 Å². The van der Waals surface area contributed by atoms with E-state index < -0.39 is 6.10 Å². The predicted octanol–water partition coefficient (Wildman–Crippen LogP) is 4.48. The fourth-order valence-electron chi connectivity index (χ4n) is 3.73. The van der Waals surface area contributed by atoms with E-state index in [9.17, 15) is 5.11 Å². The topological polar surface area (TPSA) is 56.5 Å². The van der Waals surface area contributed by atoms with Gasteiger partial charge in [-0.15, -0.1) is 19.0 Å². The molecule has 2 atom stereocenters. The molecule has 0 saturated carbocycles. The van der Waals surface area contributed by atoms with Crippen molar-refractivity contribution in [3.63, 3.8) is 0 Å². The zero-order chi connectivity index (χ0) is 19.3. The van der Waals surface area contributed by atoms with Crippen LogP contribution in [0.3, 0.4) is 0 Å². The van der Waals surface area contributed by atoms with Gasteiger partial charge in [0.15, 0.2) is 0 Å². The van der Waals surface area contributed by atoms with Gasteiger partial charge in [-0.25, -0.2) is 4.98 Å². The lowest BCUT2D eigenvalue weighted by molar-refractivity contribution is 0.0803. The van der Waals surface area contributed by atoms with Crippen LogP contribution in [0.4, 0.5) is 0 Å². The van der Waals surface area contributed by atoms with Crippen LogP contribution >= 0.6 is 12.4 Å². The molecule has 4 rings (SSSR count). The predicted molar refractivity (Wildman–Crippen MR) is 117 cm³/mol. The van der Waals surface area contributed by atoms with Crippen LogP contribution in [0.25, 0.3) is 11.0 Å². The van der Waals surface area contributed by atoms with E-state index in [-0.39, 0.29) is 25.1 Å². The summed E-state index contributed by atoms with van der Waals surface area (Å²) in [5.41, 5.74) is 3.01. The van der Waals surface area contributed by atoms with E-state index in [0.717, 1.165) is 54.0 Å². The minimum atomic E-state index is -0.658.